The summed E-state index contributed by atoms with van der Waals surface area (Å²) in [6.45, 7) is 6.34. The van der Waals surface area contributed by atoms with Crippen LogP contribution in [0, 0.1) is 5.41 Å². The molecule has 0 N–H and O–H groups in total. The molecule has 0 saturated heterocycles. The molecule has 0 atom stereocenters. The molecule has 0 fully saturated rings. The van der Waals surface area contributed by atoms with Gasteiger partial charge in [-0.15, -0.1) is 0 Å². The van der Waals surface area contributed by atoms with E-state index in [2.05, 4.69) is 41.7 Å². The molecule has 1 rings (SSSR count). The molecule has 0 radical (unpaired) electrons. The maximum atomic E-state index is 5.25. The van der Waals surface area contributed by atoms with E-state index in [9.17, 15) is 0 Å². The normalized spacial score (nSPS) is 12.1. The summed E-state index contributed by atoms with van der Waals surface area (Å²) in [6.07, 6.45) is 1.93. The number of methoxy groups -OCH3 is 1. The van der Waals surface area contributed by atoms with Gasteiger partial charge in [-0.3, -0.25) is 4.99 Å². The first kappa shape index (κ1) is 12.2. The molecule has 15 heavy (non-hydrogen) atoms. The monoisotopic (exact) mass is 269 g/mol. The summed E-state index contributed by atoms with van der Waals surface area (Å²) in [5.41, 5.74) is 0.938. The molecule has 0 saturated carbocycles. The van der Waals surface area contributed by atoms with Crippen molar-refractivity contribution in [1.29, 1.82) is 0 Å². The van der Waals surface area contributed by atoms with Crippen molar-refractivity contribution in [2.75, 3.05) is 7.11 Å². The van der Waals surface area contributed by atoms with Gasteiger partial charge in [-0.05, 0) is 23.6 Å². The van der Waals surface area contributed by atoms with Gasteiger partial charge in [0.15, 0.2) is 0 Å². The molecule has 0 heterocycles. The van der Waals surface area contributed by atoms with Gasteiger partial charge in [-0.25, -0.2) is 0 Å². The standard InChI is InChI=1S/C12H16BrNO/c1-12(2,3)8-14-10-6-5-9(13)7-11(10)15-4/h5-8H,1-4H3. The number of aliphatic imine (C=N–C) groups is 1. The van der Waals surface area contributed by atoms with E-state index in [1.165, 1.54) is 0 Å². The van der Waals surface area contributed by atoms with Crippen molar-refractivity contribution in [3.8, 4) is 5.75 Å². The van der Waals surface area contributed by atoms with Crippen molar-refractivity contribution in [1.82, 2.24) is 0 Å². The molecule has 1 aromatic rings. The lowest BCUT2D eigenvalue weighted by atomic mass is 9.99. The molecule has 0 aliphatic carbocycles. The SMILES string of the molecule is COc1cc(Br)ccc1N=CC(C)(C)C. The van der Waals surface area contributed by atoms with Gasteiger partial charge in [0, 0.05) is 10.7 Å². The molecule has 82 valence electrons. The Hall–Kier alpha value is -0.830. The van der Waals surface area contributed by atoms with Gasteiger partial charge in [-0.1, -0.05) is 36.7 Å². The Kier molecular flexibility index (Phi) is 3.91. The number of nitrogens with zero attached hydrogens (tertiary/aromatic N) is 1. The summed E-state index contributed by atoms with van der Waals surface area (Å²) < 4.78 is 6.24. The average Bonchev–Trinajstić information content (AvgIpc) is 2.14. The summed E-state index contributed by atoms with van der Waals surface area (Å²) in [5, 5.41) is 0. The quantitative estimate of drug-likeness (QED) is 0.738. The smallest absolute Gasteiger partial charge is 0.145 e. The molecule has 3 heteroatoms. The van der Waals surface area contributed by atoms with E-state index in [-0.39, 0.29) is 5.41 Å². The fourth-order valence-corrected chi connectivity index (χ4v) is 1.36. The molecule has 0 unspecified atom stereocenters. The van der Waals surface area contributed by atoms with Gasteiger partial charge in [0.05, 0.1) is 7.11 Å². The number of rotatable bonds is 2. The summed E-state index contributed by atoms with van der Waals surface area (Å²) in [5.74, 6) is 0.782. The van der Waals surface area contributed by atoms with Crippen LogP contribution in [0.2, 0.25) is 0 Å². The van der Waals surface area contributed by atoms with Gasteiger partial charge >= 0.3 is 0 Å². The molecule has 2 nitrogen and oxygen atoms in total. The highest BCUT2D eigenvalue weighted by atomic mass is 79.9. The Morgan fingerprint density at radius 3 is 2.53 bits per heavy atom. The lowest BCUT2D eigenvalue weighted by molar-refractivity contribution is 0.416. The van der Waals surface area contributed by atoms with Gasteiger partial charge in [-0.2, -0.15) is 0 Å². The van der Waals surface area contributed by atoms with Crippen LogP contribution >= 0.6 is 15.9 Å². The van der Waals surface area contributed by atoms with Crippen LogP contribution in [0.15, 0.2) is 27.7 Å². The second-order valence-electron chi connectivity index (χ2n) is 4.44. The average molecular weight is 270 g/mol. The molecule has 0 bridgehead atoms. The first-order valence-corrected chi connectivity index (χ1v) is 5.60. The van der Waals surface area contributed by atoms with Gasteiger partial charge in [0.1, 0.15) is 11.4 Å². The molecular formula is C12H16BrNO. The molecule has 0 amide bonds. The number of hydrogen-bond donors (Lipinski definition) is 0. The summed E-state index contributed by atoms with van der Waals surface area (Å²) in [4.78, 5) is 4.42. The second-order valence-corrected chi connectivity index (χ2v) is 5.36. The van der Waals surface area contributed by atoms with Crippen molar-refractivity contribution in [3.05, 3.63) is 22.7 Å². The van der Waals surface area contributed by atoms with E-state index in [0.717, 1.165) is 15.9 Å². The van der Waals surface area contributed by atoms with Crippen LogP contribution in [0.25, 0.3) is 0 Å². The lowest BCUT2D eigenvalue weighted by Gasteiger charge is -2.11. The second kappa shape index (κ2) is 4.79. The van der Waals surface area contributed by atoms with Crippen LogP contribution in [0.5, 0.6) is 5.75 Å². The lowest BCUT2D eigenvalue weighted by Crippen LogP contribution is -2.05. The van der Waals surface area contributed by atoms with Crippen LogP contribution in [0.3, 0.4) is 0 Å². The highest BCUT2D eigenvalue weighted by Crippen LogP contribution is 2.30. The zero-order valence-electron chi connectivity index (χ0n) is 9.54. The van der Waals surface area contributed by atoms with E-state index in [1.807, 2.05) is 24.4 Å². The molecule has 0 spiro atoms. The van der Waals surface area contributed by atoms with Crippen LogP contribution < -0.4 is 4.74 Å². The van der Waals surface area contributed by atoms with E-state index in [0.29, 0.717) is 0 Å². The van der Waals surface area contributed by atoms with E-state index in [4.69, 9.17) is 4.74 Å². The van der Waals surface area contributed by atoms with Gasteiger partial charge in [0.25, 0.3) is 0 Å². The first-order chi connectivity index (χ1) is 6.92. The van der Waals surface area contributed by atoms with Gasteiger partial charge < -0.3 is 4.74 Å². The number of ether oxygens (including phenoxy) is 1. The first-order valence-electron chi connectivity index (χ1n) is 4.81. The topological polar surface area (TPSA) is 21.6 Å². The molecule has 1 aromatic carbocycles. The fourth-order valence-electron chi connectivity index (χ4n) is 1.02. The van der Waals surface area contributed by atoms with Crippen LogP contribution in [0.4, 0.5) is 5.69 Å². The number of halogens is 1. The predicted octanol–water partition coefficient (Wildman–Crippen LogP) is 4.21. The molecular weight excluding hydrogens is 254 g/mol. The van der Waals surface area contributed by atoms with Crippen molar-refractivity contribution < 1.29 is 4.74 Å². The molecule has 0 aliphatic heterocycles. The third-order valence-electron chi connectivity index (χ3n) is 1.73. The Morgan fingerprint density at radius 2 is 2.00 bits per heavy atom. The van der Waals surface area contributed by atoms with Gasteiger partial charge in [0.2, 0.25) is 0 Å². The fraction of sp³-hybridized carbons (Fsp3) is 0.417. The Balaban J connectivity index is 3.00. The Bertz CT molecular complexity index is 366. The largest absolute Gasteiger partial charge is 0.494 e. The summed E-state index contributed by atoms with van der Waals surface area (Å²) in [6, 6.07) is 5.80. The van der Waals surface area contributed by atoms with E-state index in [1.54, 1.807) is 7.11 Å². The molecule has 0 aliphatic rings. The maximum Gasteiger partial charge on any atom is 0.145 e. The van der Waals surface area contributed by atoms with Crippen LogP contribution in [-0.2, 0) is 0 Å². The van der Waals surface area contributed by atoms with Crippen molar-refractivity contribution in [3.63, 3.8) is 0 Å². The summed E-state index contributed by atoms with van der Waals surface area (Å²) in [7, 11) is 1.65. The van der Waals surface area contributed by atoms with Crippen LogP contribution in [0.1, 0.15) is 20.8 Å². The number of hydrogen-bond acceptors (Lipinski definition) is 2. The summed E-state index contributed by atoms with van der Waals surface area (Å²) >= 11 is 3.40. The minimum Gasteiger partial charge on any atom is -0.494 e. The highest BCUT2D eigenvalue weighted by molar-refractivity contribution is 9.10. The predicted molar refractivity (Wildman–Crippen MR) is 68.3 cm³/mol. The van der Waals surface area contributed by atoms with Crippen molar-refractivity contribution in [2.24, 2.45) is 10.4 Å². The Morgan fingerprint density at radius 1 is 1.33 bits per heavy atom. The Labute approximate surface area is 99.5 Å². The minimum absolute atomic E-state index is 0.0814. The van der Waals surface area contributed by atoms with Crippen molar-refractivity contribution >= 4 is 27.8 Å². The van der Waals surface area contributed by atoms with E-state index >= 15 is 0 Å². The minimum atomic E-state index is 0.0814. The number of benzene rings is 1. The third-order valence-corrected chi connectivity index (χ3v) is 2.23. The van der Waals surface area contributed by atoms with Crippen LogP contribution in [-0.4, -0.2) is 13.3 Å². The third kappa shape index (κ3) is 4.04. The maximum absolute atomic E-state index is 5.25. The zero-order chi connectivity index (χ0) is 11.5. The van der Waals surface area contributed by atoms with E-state index < -0.39 is 0 Å². The zero-order valence-corrected chi connectivity index (χ0v) is 11.1. The molecule has 0 aromatic heterocycles. The van der Waals surface area contributed by atoms with Crippen molar-refractivity contribution in [2.45, 2.75) is 20.8 Å². The highest BCUT2D eigenvalue weighted by Gasteiger charge is 2.07.